The van der Waals surface area contributed by atoms with Crippen LogP contribution in [0.1, 0.15) is 23.7 Å². The second kappa shape index (κ2) is 5.55. The molecular formula is C11H12BrN3OS. The zero-order valence-corrected chi connectivity index (χ0v) is 11.6. The van der Waals surface area contributed by atoms with E-state index in [-0.39, 0.29) is 11.3 Å². The minimum absolute atomic E-state index is 0.142. The third-order valence-corrected chi connectivity index (χ3v) is 3.88. The van der Waals surface area contributed by atoms with Crippen LogP contribution < -0.4 is 10.7 Å². The summed E-state index contributed by atoms with van der Waals surface area (Å²) < 4.78 is 0.885. The third-order valence-electron chi connectivity index (χ3n) is 2.24. The van der Waals surface area contributed by atoms with E-state index in [1.165, 1.54) is 11.8 Å². The van der Waals surface area contributed by atoms with Gasteiger partial charge in [-0.1, -0.05) is 40.7 Å². The molecule has 1 amide bonds. The Morgan fingerprint density at radius 3 is 3.12 bits per heavy atom. The molecule has 1 aromatic carbocycles. The Morgan fingerprint density at radius 1 is 1.65 bits per heavy atom. The Morgan fingerprint density at radius 2 is 2.47 bits per heavy atom. The summed E-state index contributed by atoms with van der Waals surface area (Å²) in [5.41, 5.74) is 3.57. The van der Waals surface area contributed by atoms with E-state index >= 15 is 0 Å². The molecule has 1 heterocycles. The second-order valence-electron chi connectivity index (χ2n) is 3.53. The average molecular weight is 314 g/mol. The molecule has 1 unspecified atom stereocenters. The van der Waals surface area contributed by atoms with Gasteiger partial charge in [0.25, 0.3) is 5.91 Å². The fraction of sp³-hybridized carbons (Fsp3) is 0.273. The number of halogens is 1. The molecule has 0 aliphatic carbocycles. The van der Waals surface area contributed by atoms with Gasteiger partial charge in [-0.25, -0.2) is 0 Å². The van der Waals surface area contributed by atoms with Gasteiger partial charge in [-0.3, -0.25) is 15.5 Å². The summed E-state index contributed by atoms with van der Waals surface area (Å²) in [6.07, 6.45) is 0.963. The normalized spacial score (nSPS) is 18.5. The van der Waals surface area contributed by atoms with E-state index in [2.05, 4.69) is 38.7 Å². The van der Waals surface area contributed by atoms with E-state index in [9.17, 15) is 4.79 Å². The Bertz CT molecular complexity index is 464. The van der Waals surface area contributed by atoms with Crippen LogP contribution in [0.25, 0.3) is 0 Å². The smallest absolute Gasteiger partial charge is 0.257 e. The largest absolute Gasteiger partial charge is 0.300 e. The first-order chi connectivity index (χ1) is 8.19. The molecule has 0 spiro atoms. The first-order valence-corrected chi connectivity index (χ1v) is 6.93. The molecule has 0 saturated heterocycles. The number of rotatable bonds is 2. The molecule has 0 radical (unpaired) electrons. The van der Waals surface area contributed by atoms with Gasteiger partial charge in [0.1, 0.15) is 0 Å². The quantitative estimate of drug-likeness (QED) is 0.882. The van der Waals surface area contributed by atoms with Gasteiger partial charge in [-0.05, 0) is 24.6 Å². The van der Waals surface area contributed by atoms with E-state index in [1.807, 2.05) is 12.1 Å². The van der Waals surface area contributed by atoms with Gasteiger partial charge < -0.3 is 0 Å². The predicted molar refractivity (Wildman–Crippen MR) is 73.8 cm³/mol. The number of benzene rings is 1. The number of nitrogens with zero attached hydrogens (tertiary/aromatic N) is 1. The van der Waals surface area contributed by atoms with Crippen molar-refractivity contribution in [1.29, 1.82) is 0 Å². The van der Waals surface area contributed by atoms with E-state index in [4.69, 9.17) is 0 Å². The van der Waals surface area contributed by atoms with E-state index in [0.29, 0.717) is 10.7 Å². The highest BCUT2D eigenvalue weighted by molar-refractivity contribution is 9.10. The van der Waals surface area contributed by atoms with Gasteiger partial charge in [0.05, 0.1) is 5.37 Å². The monoisotopic (exact) mass is 313 g/mol. The molecule has 6 heteroatoms. The van der Waals surface area contributed by atoms with E-state index < -0.39 is 0 Å². The van der Waals surface area contributed by atoms with Crippen molar-refractivity contribution in [3.63, 3.8) is 0 Å². The summed E-state index contributed by atoms with van der Waals surface area (Å²) >= 11 is 4.87. The molecule has 0 aromatic heterocycles. The lowest BCUT2D eigenvalue weighted by molar-refractivity contribution is 0.0978. The van der Waals surface area contributed by atoms with Crippen molar-refractivity contribution >= 4 is 38.8 Å². The number of amides is 1. The van der Waals surface area contributed by atoms with E-state index in [0.717, 1.165) is 10.9 Å². The maximum absolute atomic E-state index is 11.9. The zero-order chi connectivity index (χ0) is 12.3. The predicted octanol–water partition coefficient (Wildman–Crippen LogP) is 2.52. The molecule has 2 rings (SSSR count). The van der Waals surface area contributed by atoms with Crippen molar-refractivity contribution in [3.05, 3.63) is 34.3 Å². The summed E-state index contributed by atoms with van der Waals surface area (Å²) in [4.78, 5) is 11.9. The van der Waals surface area contributed by atoms with Crippen LogP contribution in [0.5, 0.6) is 0 Å². The summed E-state index contributed by atoms with van der Waals surface area (Å²) in [5.74, 6) is -0.142. The van der Waals surface area contributed by atoms with Gasteiger partial charge in [-0.2, -0.15) is 5.10 Å². The summed E-state index contributed by atoms with van der Waals surface area (Å²) in [6.45, 7) is 2.07. The molecule has 1 atom stereocenters. The average Bonchev–Trinajstić information content (AvgIpc) is 2.77. The maximum atomic E-state index is 11.9. The number of hydrogen-bond donors (Lipinski definition) is 2. The van der Waals surface area contributed by atoms with Crippen molar-refractivity contribution in [2.24, 2.45) is 5.10 Å². The molecule has 17 heavy (non-hydrogen) atoms. The minimum Gasteiger partial charge on any atom is -0.300 e. The van der Waals surface area contributed by atoms with Crippen molar-refractivity contribution in [2.75, 3.05) is 0 Å². The number of nitrogens with one attached hydrogen (secondary N) is 2. The number of amidine groups is 1. The lowest BCUT2D eigenvalue weighted by atomic mass is 10.2. The fourth-order valence-electron chi connectivity index (χ4n) is 1.35. The molecule has 1 aliphatic heterocycles. The van der Waals surface area contributed by atoms with Crippen LogP contribution in [0, 0.1) is 0 Å². The van der Waals surface area contributed by atoms with Crippen LogP contribution in [0.2, 0.25) is 0 Å². The molecule has 1 aliphatic rings. The molecule has 4 nitrogen and oxygen atoms in total. The number of hydrazone groups is 1. The molecule has 2 N–H and O–H groups in total. The zero-order valence-electron chi connectivity index (χ0n) is 9.24. The van der Waals surface area contributed by atoms with Crippen LogP contribution in [-0.2, 0) is 0 Å². The highest BCUT2D eigenvalue weighted by atomic mass is 79.9. The highest BCUT2D eigenvalue weighted by Crippen LogP contribution is 2.18. The lowest BCUT2D eigenvalue weighted by Gasteiger charge is -2.05. The maximum Gasteiger partial charge on any atom is 0.257 e. The Labute approximate surface area is 112 Å². The molecule has 0 bridgehead atoms. The molecule has 0 fully saturated rings. The van der Waals surface area contributed by atoms with Crippen LogP contribution in [-0.4, -0.2) is 16.4 Å². The Hall–Kier alpha value is -1.01. The number of carbonyl (C=O) groups is 1. The number of thioether (sulfide) groups is 1. The summed E-state index contributed by atoms with van der Waals surface area (Å²) in [6, 6.07) is 7.26. The van der Waals surface area contributed by atoms with Crippen molar-refractivity contribution in [2.45, 2.75) is 18.7 Å². The summed E-state index contributed by atoms with van der Waals surface area (Å²) in [5, 5.41) is 7.72. The lowest BCUT2D eigenvalue weighted by Crippen LogP contribution is -2.27. The standard InChI is InChI=1S/C11H12BrN3OS/c1-2-9-14-15-11(17-9)13-10(16)7-4-3-5-8(12)6-7/h3-6,9,14H,2H2,1H3,(H,13,15,16). The third kappa shape index (κ3) is 3.23. The molecular weight excluding hydrogens is 302 g/mol. The van der Waals surface area contributed by atoms with E-state index in [1.54, 1.807) is 12.1 Å². The highest BCUT2D eigenvalue weighted by Gasteiger charge is 2.19. The number of hydrogen-bond acceptors (Lipinski definition) is 4. The second-order valence-corrected chi connectivity index (χ2v) is 5.63. The molecule has 0 saturated carbocycles. The minimum atomic E-state index is -0.142. The first-order valence-electron chi connectivity index (χ1n) is 5.26. The van der Waals surface area contributed by atoms with Gasteiger partial charge in [-0.15, -0.1) is 0 Å². The summed E-state index contributed by atoms with van der Waals surface area (Å²) in [7, 11) is 0. The van der Waals surface area contributed by atoms with Crippen molar-refractivity contribution in [3.8, 4) is 0 Å². The van der Waals surface area contributed by atoms with Gasteiger partial charge in [0.15, 0.2) is 5.17 Å². The molecule has 90 valence electrons. The topological polar surface area (TPSA) is 53.5 Å². The fourth-order valence-corrected chi connectivity index (χ4v) is 2.55. The molecule has 1 aromatic rings. The van der Waals surface area contributed by atoms with Gasteiger partial charge in [0.2, 0.25) is 0 Å². The van der Waals surface area contributed by atoms with Crippen LogP contribution >= 0.6 is 27.7 Å². The van der Waals surface area contributed by atoms with Crippen LogP contribution in [0.15, 0.2) is 33.8 Å². The van der Waals surface area contributed by atoms with Gasteiger partial charge >= 0.3 is 0 Å². The Balaban J connectivity index is 1.99. The number of carbonyl (C=O) groups excluding carboxylic acids is 1. The van der Waals surface area contributed by atoms with Gasteiger partial charge in [0, 0.05) is 10.0 Å². The van der Waals surface area contributed by atoms with Crippen molar-refractivity contribution in [1.82, 2.24) is 10.7 Å². The Kier molecular flexibility index (Phi) is 4.06. The first kappa shape index (κ1) is 12.4. The van der Waals surface area contributed by atoms with Crippen LogP contribution in [0.4, 0.5) is 0 Å². The van der Waals surface area contributed by atoms with Crippen LogP contribution in [0.3, 0.4) is 0 Å². The van der Waals surface area contributed by atoms with Crippen molar-refractivity contribution < 1.29 is 4.79 Å². The SMILES string of the molecule is CCC1NN=C(NC(=O)c2cccc(Br)c2)S1.